The van der Waals surface area contributed by atoms with E-state index in [2.05, 4.69) is 0 Å². The minimum atomic E-state index is -0.723. The maximum atomic E-state index is 12.3. The largest absolute Gasteiger partial charge is 0.369 e. The number of rotatable bonds is 3. The molecule has 96 valence electrons. The number of hydrogen-bond donors (Lipinski definition) is 2. The van der Waals surface area contributed by atoms with Gasteiger partial charge in [0.1, 0.15) is 0 Å². The van der Waals surface area contributed by atoms with Crippen molar-refractivity contribution in [3.05, 3.63) is 0 Å². The van der Waals surface area contributed by atoms with Gasteiger partial charge in [0.2, 0.25) is 11.8 Å². The third kappa shape index (κ3) is 2.44. The fourth-order valence-electron chi connectivity index (χ4n) is 2.57. The first-order chi connectivity index (χ1) is 7.93. The zero-order valence-electron chi connectivity index (χ0n) is 10.3. The Kier molecular flexibility index (Phi) is 3.12. The van der Waals surface area contributed by atoms with E-state index in [0.717, 1.165) is 12.8 Å². The fraction of sp³-hybridized carbons (Fsp3) is 0.833. The molecule has 1 atom stereocenters. The van der Waals surface area contributed by atoms with Crippen molar-refractivity contribution in [3.63, 3.8) is 0 Å². The molecule has 1 aliphatic heterocycles. The highest BCUT2D eigenvalue weighted by Gasteiger charge is 2.46. The molecule has 5 nitrogen and oxygen atoms in total. The van der Waals surface area contributed by atoms with Gasteiger partial charge in [-0.3, -0.25) is 9.59 Å². The number of carbonyl (C=O) groups is 2. The van der Waals surface area contributed by atoms with Gasteiger partial charge in [0, 0.05) is 19.0 Å². The van der Waals surface area contributed by atoms with Crippen molar-refractivity contribution in [3.8, 4) is 0 Å². The highest BCUT2D eigenvalue weighted by molar-refractivity contribution is 5.87. The third-order valence-electron chi connectivity index (χ3n) is 4.07. The number of nitrogens with two attached hydrogens (primary N) is 2. The SMILES string of the molecule is CC(N)(C(=O)N1CCC(C(N)=O)CC1)C1CC1. The fourth-order valence-corrected chi connectivity index (χ4v) is 2.57. The van der Waals surface area contributed by atoms with Crippen LogP contribution in [0.3, 0.4) is 0 Å². The summed E-state index contributed by atoms with van der Waals surface area (Å²) >= 11 is 0. The van der Waals surface area contributed by atoms with E-state index in [1.54, 1.807) is 4.90 Å². The molecule has 0 spiro atoms. The minimum Gasteiger partial charge on any atom is -0.369 e. The number of primary amides is 1. The maximum Gasteiger partial charge on any atom is 0.242 e. The molecule has 1 heterocycles. The van der Waals surface area contributed by atoms with Crippen LogP contribution in [0.15, 0.2) is 0 Å². The van der Waals surface area contributed by atoms with Gasteiger partial charge in [0.25, 0.3) is 0 Å². The molecule has 2 fully saturated rings. The molecular weight excluding hydrogens is 218 g/mol. The molecular formula is C12H21N3O2. The zero-order valence-corrected chi connectivity index (χ0v) is 10.3. The molecule has 2 aliphatic rings. The smallest absolute Gasteiger partial charge is 0.242 e. The number of likely N-dealkylation sites (tertiary alicyclic amines) is 1. The Morgan fingerprint density at radius 3 is 2.12 bits per heavy atom. The minimum absolute atomic E-state index is 0.0305. The number of piperidine rings is 1. The highest BCUT2D eigenvalue weighted by atomic mass is 16.2. The first-order valence-corrected chi connectivity index (χ1v) is 6.30. The molecule has 4 N–H and O–H groups in total. The van der Waals surface area contributed by atoms with Crippen molar-refractivity contribution < 1.29 is 9.59 Å². The number of carbonyl (C=O) groups excluding carboxylic acids is 2. The van der Waals surface area contributed by atoms with Crippen LogP contribution in [-0.2, 0) is 9.59 Å². The topological polar surface area (TPSA) is 89.4 Å². The highest BCUT2D eigenvalue weighted by Crippen LogP contribution is 2.39. The Morgan fingerprint density at radius 2 is 1.71 bits per heavy atom. The van der Waals surface area contributed by atoms with E-state index in [9.17, 15) is 9.59 Å². The standard InChI is InChI=1S/C12H21N3O2/c1-12(14,9-2-3-9)11(17)15-6-4-8(5-7-15)10(13)16/h8-9H,2-7,14H2,1H3,(H2,13,16). The molecule has 1 unspecified atom stereocenters. The van der Waals surface area contributed by atoms with Crippen LogP contribution in [0.5, 0.6) is 0 Å². The Labute approximate surface area is 102 Å². The number of amides is 2. The molecule has 0 aromatic heterocycles. The molecule has 17 heavy (non-hydrogen) atoms. The quantitative estimate of drug-likeness (QED) is 0.717. The van der Waals surface area contributed by atoms with Crippen LogP contribution < -0.4 is 11.5 Å². The molecule has 1 aliphatic carbocycles. The summed E-state index contributed by atoms with van der Waals surface area (Å²) in [7, 11) is 0. The Hall–Kier alpha value is -1.10. The van der Waals surface area contributed by atoms with E-state index in [0.29, 0.717) is 31.8 Å². The van der Waals surface area contributed by atoms with Gasteiger partial charge in [0.05, 0.1) is 5.54 Å². The zero-order chi connectivity index (χ0) is 12.6. The lowest BCUT2D eigenvalue weighted by Gasteiger charge is -2.36. The lowest BCUT2D eigenvalue weighted by Crippen LogP contribution is -2.56. The van der Waals surface area contributed by atoms with E-state index in [-0.39, 0.29) is 17.7 Å². The van der Waals surface area contributed by atoms with Gasteiger partial charge < -0.3 is 16.4 Å². The number of hydrogen-bond acceptors (Lipinski definition) is 3. The summed E-state index contributed by atoms with van der Waals surface area (Å²) in [5.74, 6) is 0.0330. The molecule has 1 saturated heterocycles. The molecule has 0 radical (unpaired) electrons. The summed E-state index contributed by atoms with van der Waals surface area (Å²) in [5.41, 5.74) is 10.7. The summed E-state index contributed by atoms with van der Waals surface area (Å²) < 4.78 is 0. The predicted octanol–water partition coefficient (Wildman–Crippen LogP) is -0.162. The van der Waals surface area contributed by atoms with Crippen LogP contribution in [0, 0.1) is 11.8 Å². The van der Waals surface area contributed by atoms with Crippen LogP contribution in [0.25, 0.3) is 0 Å². The van der Waals surface area contributed by atoms with Crippen LogP contribution in [0.4, 0.5) is 0 Å². The maximum absolute atomic E-state index is 12.3. The van der Waals surface area contributed by atoms with Gasteiger partial charge in [-0.1, -0.05) is 0 Å². The predicted molar refractivity (Wildman–Crippen MR) is 63.8 cm³/mol. The van der Waals surface area contributed by atoms with Crippen molar-refractivity contribution in [1.29, 1.82) is 0 Å². The van der Waals surface area contributed by atoms with Gasteiger partial charge in [-0.2, -0.15) is 0 Å². The summed E-state index contributed by atoms with van der Waals surface area (Å²) in [4.78, 5) is 25.1. The molecule has 0 bridgehead atoms. The summed E-state index contributed by atoms with van der Waals surface area (Å²) in [6.45, 7) is 3.03. The van der Waals surface area contributed by atoms with E-state index in [4.69, 9.17) is 11.5 Å². The van der Waals surface area contributed by atoms with Gasteiger partial charge in [-0.25, -0.2) is 0 Å². The average Bonchev–Trinajstić information content (AvgIpc) is 3.12. The van der Waals surface area contributed by atoms with Crippen molar-refractivity contribution in [2.24, 2.45) is 23.3 Å². The van der Waals surface area contributed by atoms with E-state index < -0.39 is 5.54 Å². The van der Waals surface area contributed by atoms with Crippen molar-refractivity contribution >= 4 is 11.8 Å². The molecule has 5 heteroatoms. The van der Waals surface area contributed by atoms with Gasteiger partial charge in [-0.15, -0.1) is 0 Å². The number of nitrogens with zero attached hydrogens (tertiary/aromatic N) is 1. The molecule has 1 saturated carbocycles. The summed E-state index contributed by atoms with van der Waals surface area (Å²) in [6, 6.07) is 0. The van der Waals surface area contributed by atoms with Crippen LogP contribution in [0.2, 0.25) is 0 Å². The Bertz CT molecular complexity index is 329. The molecule has 2 amide bonds. The van der Waals surface area contributed by atoms with Crippen molar-refractivity contribution in [2.75, 3.05) is 13.1 Å². The summed E-state index contributed by atoms with van der Waals surface area (Å²) in [5, 5.41) is 0. The van der Waals surface area contributed by atoms with E-state index in [1.807, 2.05) is 6.92 Å². The van der Waals surface area contributed by atoms with Gasteiger partial charge in [-0.05, 0) is 38.5 Å². The molecule has 0 aromatic carbocycles. The Morgan fingerprint density at radius 1 is 1.18 bits per heavy atom. The van der Waals surface area contributed by atoms with Crippen LogP contribution in [0.1, 0.15) is 32.6 Å². The van der Waals surface area contributed by atoms with Gasteiger partial charge in [0.15, 0.2) is 0 Å². The van der Waals surface area contributed by atoms with E-state index in [1.165, 1.54) is 0 Å². The van der Waals surface area contributed by atoms with Crippen LogP contribution >= 0.6 is 0 Å². The molecule has 2 rings (SSSR count). The second kappa shape index (κ2) is 4.29. The average molecular weight is 239 g/mol. The van der Waals surface area contributed by atoms with Crippen molar-refractivity contribution in [1.82, 2.24) is 4.90 Å². The summed E-state index contributed by atoms with van der Waals surface area (Å²) in [6.07, 6.45) is 3.44. The lowest BCUT2D eigenvalue weighted by atomic mass is 9.91. The second-order valence-electron chi connectivity index (χ2n) is 5.53. The normalized spacial score (nSPS) is 25.4. The van der Waals surface area contributed by atoms with Crippen molar-refractivity contribution in [2.45, 2.75) is 38.1 Å². The van der Waals surface area contributed by atoms with E-state index >= 15 is 0 Å². The third-order valence-corrected chi connectivity index (χ3v) is 4.07. The van der Waals surface area contributed by atoms with Crippen LogP contribution in [-0.4, -0.2) is 35.3 Å². The lowest BCUT2D eigenvalue weighted by molar-refractivity contribution is -0.140. The first kappa shape index (κ1) is 12.4. The first-order valence-electron chi connectivity index (χ1n) is 6.30. The van der Waals surface area contributed by atoms with Gasteiger partial charge >= 0.3 is 0 Å². The molecule has 0 aromatic rings. The Balaban J connectivity index is 1.92. The monoisotopic (exact) mass is 239 g/mol. The second-order valence-corrected chi connectivity index (χ2v) is 5.53.